The number of fused-ring (bicyclic) bond motifs is 1. The standard InChI is InChI=1S/C24H38N2O5S/c1-6-8-9-13-25(12-7-2)21(29)19-24-11-10-23(5,32-24)18(22(30)31)17(24)20(28)26(19)16(14-27)15(3)4/h7,15-19,27H,2,6,8-14H2,1,3-5H3,(H,30,31)/t16-,17-,18-,19?,23+,24?/m0/s1. The number of carbonyl (C=O) groups excluding carboxylic acids is 2. The Labute approximate surface area is 195 Å². The summed E-state index contributed by atoms with van der Waals surface area (Å²) in [7, 11) is 0. The second kappa shape index (κ2) is 9.37. The lowest BCUT2D eigenvalue weighted by atomic mass is 9.66. The number of rotatable bonds is 11. The van der Waals surface area contributed by atoms with E-state index in [9.17, 15) is 24.6 Å². The van der Waals surface area contributed by atoms with Crippen molar-refractivity contribution in [3.63, 3.8) is 0 Å². The molecule has 0 saturated carbocycles. The molecule has 2 N–H and O–H groups in total. The van der Waals surface area contributed by atoms with Crippen LogP contribution in [0.1, 0.15) is 59.8 Å². The molecule has 2 amide bonds. The highest BCUT2D eigenvalue weighted by Crippen LogP contribution is 2.71. The molecule has 32 heavy (non-hydrogen) atoms. The summed E-state index contributed by atoms with van der Waals surface area (Å²) in [6.45, 7) is 12.4. The van der Waals surface area contributed by atoms with Crippen LogP contribution in [0.2, 0.25) is 0 Å². The van der Waals surface area contributed by atoms with Gasteiger partial charge in [-0.15, -0.1) is 18.3 Å². The molecule has 0 aromatic heterocycles. The van der Waals surface area contributed by atoms with Crippen molar-refractivity contribution in [2.75, 3.05) is 19.7 Å². The van der Waals surface area contributed by atoms with E-state index in [0.717, 1.165) is 19.3 Å². The number of hydrogen-bond acceptors (Lipinski definition) is 5. The number of thioether (sulfide) groups is 1. The maximum Gasteiger partial charge on any atom is 0.308 e. The summed E-state index contributed by atoms with van der Waals surface area (Å²) in [5.74, 6) is -3.03. The average Bonchev–Trinajstić information content (AvgIpc) is 3.29. The normalized spacial score (nSPS) is 34.1. The second-order valence-electron chi connectivity index (χ2n) is 10.1. The highest BCUT2D eigenvalue weighted by atomic mass is 32.2. The van der Waals surface area contributed by atoms with Gasteiger partial charge >= 0.3 is 5.97 Å². The molecule has 3 saturated heterocycles. The van der Waals surface area contributed by atoms with E-state index in [2.05, 4.69) is 13.5 Å². The zero-order valence-corrected chi connectivity index (χ0v) is 20.6. The van der Waals surface area contributed by atoms with Gasteiger partial charge < -0.3 is 20.0 Å². The second-order valence-corrected chi connectivity index (χ2v) is 12.0. The first-order valence-corrected chi connectivity index (χ1v) is 12.7. The Kier molecular flexibility index (Phi) is 7.35. The van der Waals surface area contributed by atoms with Gasteiger partial charge in [0.05, 0.1) is 29.2 Å². The summed E-state index contributed by atoms with van der Waals surface area (Å²) in [5.41, 5.74) is 0. The zero-order valence-electron chi connectivity index (χ0n) is 19.7. The van der Waals surface area contributed by atoms with Gasteiger partial charge in [-0.3, -0.25) is 14.4 Å². The van der Waals surface area contributed by atoms with E-state index in [1.165, 1.54) is 11.8 Å². The van der Waals surface area contributed by atoms with Crippen LogP contribution in [0.4, 0.5) is 0 Å². The van der Waals surface area contributed by atoms with E-state index in [-0.39, 0.29) is 24.3 Å². The molecule has 0 aromatic carbocycles. The van der Waals surface area contributed by atoms with Crippen LogP contribution in [-0.4, -0.2) is 79.1 Å². The number of nitrogens with zero attached hydrogens (tertiary/aromatic N) is 2. The van der Waals surface area contributed by atoms with Gasteiger partial charge in [0, 0.05) is 17.8 Å². The van der Waals surface area contributed by atoms with Crippen molar-refractivity contribution >= 4 is 29.5 Å². The molecule has 0 aliphatic carbocycles. The number of carboxylic acids is 1. The molecular formula is C24H38N2O5S. The predicted octanol–water partition coefficient (Wildman–Crippen LogP) is 2.77. The van der Waals surface area contributed by atoms with Gasteiger partial charge in [-0.1, -0.05) is 39.7 Å². The summed E-state index contributed by atoms with van der Waals surface area (Å²) < 4.78 is -1.33. The van der Waals surface area contributed by atoms with Crippen LogP contribution in [0.5, 0.6) is 0 Å². The van der Waals surface area contributed by atoms with Crippen LogP contribution < -0.4 is 0 Å². The molecule has 6 atom stereocenters. The lowest BCUT2D eigenvalue weighted by molar-refractivity contribution is -0.151. The van der Waals surface area contributed by atoms with Crippen LogP contribution in [0, 0.1) is 17.8 Å². The van der Waals surface area contributed by atoms with E-state index in [0.29, 0.717) is 25.9 Å². The van der Waals surface area contributed by atoms with E-state index >= 15 is 0 Å². The highest BCUT2D eigenvalue weighted by Gasteiger charge is 2.78. The van der Waals surface area contributed by atoms with Crippen LogP contribution in [-0.2, 0) is 14.4 Å². The molecule has 7 nitrogen and oxygen atoms in total. The number of likely N-dealkylation sites (tertiary alicyclic amines) is 1. The number of hydrogen-bond donors (Lipinski definition) is 2. The number of unbranched alkanes of at least 4 members (excludes halogenated alkanes) is 2. The highest BCUT2D eigenvalue weighted by molar-refractivity contribution is 8.02. The molecular weight excluding hydrogens is 428 g/mol. The third kappa shape index (κ3) is 3.77. The lowest BCUT2D eigenvalue weighted by Crippen LogP contribution is -2.58. The molecule has 3 fully saturated rings. The van der Waals surface area contributed by atoms with Crippen molar-refractivity contribution in [1.29, 1.82) is 0 Å². The number of carbonyl (C=O) groups is 3. The molecule has 180 valence electrons. The summed E-state index contributed by atoms with van der Waals surface area (Å²) in [6, 6.07) is -1.29. The Bertz CT molecular complexity index is 773. The Morgan fingerprint density at radius 2 is 2.03 bits per heavy atom. The molecule has 3 aliphatic rings. The number of aliphatic hydroxyl groups excluding tert-OH is 1. The van der Waals surface area contributed by atoms with Gasteiger partial charge in [-0.05, 0) is 32.1 Å². The Morgan fingerprint density at radius 3 is 2.56 bits per heavy atom. The molecule has 1 spiro atoms. The minimum atomic E-state index is -0.969. The fourth-order valence-electron chi connectivity index (χ4n) is 6.17. The zero-order chi connectivity index (χ0) is 23.8. The minimum absolute atomic E-state index is 0.0662. The van der Waals surface area contributed by atoms with Gasteiger partial charge in [0.2, 0.25) is 11.8 Å². The van der Waals surface area contributed by atoms with Crippen molar-refractivity contribution in [2.24, 2.45) is 17.8 Å². The molecule has 0 radical (unpaired) electrons. The van der Waals surface area contributed by atoms with Crippen molar-refractivity contribution in [2.45, 2.75) is 81.4 Å². The molecule has 2 unspecified atom stereocenters. The van der Waals surface area contributed by atoms with Crippen LogP contribution in [0.3, 0.4) is 0 Å². The van der Waals surface area contributed by atoms with Crippen LogP contribution >= 0.6 is 11.8 Å². The first kappa shape index (κ1) is 25.1. The average molecular weight is 467 g/mol. The van der Waals surface area contributed by atoms with Crippen molar-refractivity contribution in [3.8, 4) is 0 Å². The van der Waals surface area contributed by atoms with Gasteiger partial charge in [-0.25, -0.2) is 0 Å². The Hall–Kier alpha value is -1.54. The smallest absolute Gasteiger partial charge is 0.308 e. The molecule has 8 heteroatoms. The summed E-state index contributed by atoms with van der Waals surface area (Å²) in [4.78, 5) is 43.6. The number of carboxylic acid groups (broad SMARTS) is 1. The van der Waals surface area contributed by atoms with Crippen LogP contribution in [0.15, 0.2) is 12.7 Å². The molecule has 2 bridgehead atoms. The molecule has 3 heterocycles. The van der Waals surface area contributed by atoms with Crippen molar-refractivity contribution in [3.05, 3.63) is 12.7 Å². The van der Waals surface area contributed by atoms with Gasteiger partial charge in [0.1, 0.15) is 6.04 Å². The van der Waals surface area contributed by atoms with Crippen LogP contribution in [0.25, 0.3) is 0 Å². The van der Waals surface area contributed by atoms with Gasteiger partial charge in [0.25, 0.3) is 0 Å². The fraction of sp³-hybridized carbons (Fsp3) is 0.792. The van der Waals surface area contributed by atoms with Gasteiger partial charge in [0.15, 0.2) is 0 Å². The Morgan fingerprint density at radius 1 is 1.34 bits per heavy atom. The van der Waals surface area contributed by atoms with E-state index in [1.807, 2.05) is 20.8 Å². The van der Waals surface area contributed by atoms with E-state index < -0.39 is 39.4 Å². The van der Waals surface area contributed by atoms with Crippen molar-refractivity contribution < 1.29 is 24.6 Å². The molecule has 3 aliphatic heterocycles. The van der Waals surface area contributed by atoms with E-state index in [1.54, 1.807) is 15.9 Å². The predicted molar refractivity (Wildman–Crippen MR) is 125 cm³/mol. The topological polar surface area (TPSA) is 98.2 Å². The summed E-state index contributed by atoms with van der Waals surface area (Å²) in [5, 5.41) is 20.3. The molecule has 3 rings (SSSR count). The fourth-order valence-corrected chi connectivity index (χ4v) is 8.50. The van der Waals surface area contributed by atoms with Crippen molar-refractivity contribution in [1.82, 2.24) is 9.80 Å². The third-order valence-corrected chi connectivity index (χ3v) is 9.71. The quantitative estimate of drug-likeness (QED) is 0.359. The summed E-state index contributed by atoms with van der Waals surface area (Å²) in [6.07, 6.45) is 5.90. The largest absolute Gasteiger partial charge is 0.481 e. The number of amides is 2. The maximum atomic E-state index is 14.1. The minimum Gasteiger partial charge on any atom is -0.481 e. The summed E-state index contributed by atoms with van der Waals surface area (Å²) >= 11 is 1.54. The monoisotopic (exact) mass is 466 g/mol. The van der Waals surface area contributed by atoms with E-state index in [4.69, 9.17) is 0 Å². The SMILES string of the molecule is C=CCN(CCCCC)C(=O)C1N([C@@H](CO)C(C)C)C(=O)[C@@H]2[C@@H](C(=O)O)[C@@]3(C)CCC12S3. The molecule has 0 aromatic rings. The third-order valence-electron chi connectivity index (χ3n) is 7.72. The number of aliphatic hydroxyl groups is 1. The van der Waals surface area contributed by atoms with Gasteiger partial charge in [-0.2, -0.15) is 0 Å². The number of aliphatic carboxylic acids is 1. The lowest BCUT2D eigenvalue weighted by Gasteiger charge is -2.40. The Balaban J connectivity index is 2.08. The first-order chi connectivity index (χ1) is 15.1. The maximum absolute atomic E-state index is 14.1. The first-order valence-electron chi connectivity index (χ1n) is 11.8.